The van der Waals surface area contributed by atoms with Crippen LogP contribution in [0, 0.1) is 5.92 Å². The van der Waals surface area contributed by atoms with Crippen LogP contribution in [0.25, 0.3) is 0 Å². The first-order valence-corrected chi connectivity index (χ1v) is 9.79. The molecule has 25 heavy (non-hydrogen) atoms. The van der Waals surface area contributed by atoms with Crippen LogP contribution in [-0.4, -0.2) is 19.7 Å². The summed E-state index contributed by atoms with van der Waals surface area (Å²) in [5, 5.41) is 3.42. The third kappa shape index (κ3) is 5.58. The molecule has 1 atom stereocenters. The van der Waals surface area contributed by atoms with Gasteiger partial charge in [0.2, 0.25) is 0 Å². The van der Waals surface area contributed by atoms with E-state index in [0.29, 0.717) is 11.4 Å². The zero-order valence-corrected chi connectivity index (χ0v) is 15.4. The lowest BCUT2D eigenvalue weighted by molar-refractivity contribution is 0.299. The highest BCUT2D eigenvalue weighted by molar-refractivity contribution is 7.99. The van der Waals surface area contributed by atoms with E-state index in [-0.39, 0.29) is 0 Å². The Balaban J connectivity index is 1.45. The highest BCUT2D eigenvalue weighted by Gasteiger charge is 2.13. The summed E-state index contributed by atoms with van der Waals surface area (Å²) >= 11 is 1.66. The van der Waals surface area contributed by atoms with Crippen molar-refractivity contribution in [3.8, 4) is 5.75 Å². The van der Waals surface area contributed by atoms with Crippen molar-refractivity contribution in [2.75, 3.05) is 31.2 Å². The first-order valence-electron chi connectivity index (χ1n) is 8.97. The molecule has 5 heteroatoms. The fraction of sp³-hybridized carbons (Fsp3) is 0.400. The molecule has 0 radical (unpaired) electrons. The molecule has 0 spiro atoms. The Morgan fingerprint density at radius 2 is 1.92 bits per heavy atom. The second-order valence-corrected chi connectivity index (χ2v) is 7.72. The number of benzene rings is 2. The average Bonchev–Trinajstić information content (AvgIpc) is 3.12. The molecule has 1 saturated heterocycles. The van der Waals surface area contributed by atoms with Crippen molar-refractivity contribution in [3.63, 3.8) is 0 Å². The van der Waals surface area contributed by atoms with Gasteiger partial charge in [-0.05, 0) is 81.1 Å². The highest BCUT2D eigenvalue weighted by Crippen LogP contribution is 2.32. The Labute approximate surface area is 154 Å². The topological polar surface area (TPSA) is 73.3 Å². The largest absolute Gasteiger partial charge is 0.494 e. The smallest absolute Gasteiger partial charge is 0.120 e. The van der Waals surface area contributed by atoms with Crippen LogP contribution in [0.5, 0.6) is 5.75 Å². The third-order valence-corrected chi connectivity index (χ3v) is 5.52. The summed E-state index contributed by atoms with van der Waals surface area (Å²) in [6, 6.07) is 13.9. The molecule has 1 heterocycles. The van der Waals surface area contributed by atoms with Crippen LogP contribution < -0.4 is 21.5 Å². The molecular weight excluding hydrogens is 330 g/mol. The Morgan fingerprint density at radius 3 is 2.72 bits per heavy atom. The van der Waals surface area contributed by atoms with E-state index in [1.165, 1.54) is 32.4 Å². The molecule has 5 N–H and O–H groups in total. The zero-order chi connectivity index (χ0) is 17.5. The van der Waals surface area contributed by atoms with Gasteiger partial charge in [-0.15, -0.1) is 0 Å². The van der Waals surface area contributed by atoms with Crippen molar-refractivity contribution in [1.82, 2.24) is 5.32 Å². The van der Waals surface area contributed by atoms with Gasteiger partial charge >= 0.3 is 0 Å². The van der Waals surface area contributed by atoms with Gasteiger partial charge in [0.05, 0.1) is 18.0 Å². The summed E-state index contributed by atoms with van der Waals surface area (Å²) in [6.07, 6.45) is 4.99. The van der Waals surface area contributed by atoms with Crippen molar-refractivity contribution in [2.45, 2.75) is 35.5 Å². The van der Waals surface area contributed by atoms with E-state index in [2.05, 4.69) is 17.4 Å². The van der Waals surface area contributed by atoms with E-state index in [1.807, 2.05) is 30.3 Å². The van der Waals surface area contributed by atoms with Crippen LogP contribution >= 0.6 is 11.8 Å². The maximum atomic E-state index is 5.92. The molecule has 1 fully saturated rings. The maximum absolute atomic E-state index is 5.92. The van der Waals surface area contributed by atoms with E-state index in [0.717, 1.165) is 34.5 Å². The molecule has 4 nitrogen and oxygen atoms in total. The molecule has 0 amide bonds. The normalized spacial score (nSPS) is 16.9. The number of unbranched alkanes of at least 4 members (excludes halogenated alkanes) is 1. The highest BCUT2D eigenvalue weighted by atomic mass is 32.2. The Hall–Kier alpha value is -1.85. The molecule has 0 bridgehead atoms. The Morgan fingerprint density at radius 1 is 1.04 bits per heavy atom. The minimum absolute atomic E-state index is 0.620. The lowest BCUT2D eigenvalue weighted by Gasteiger charge is -2.10. The van der Waals surface area contributed by atoms with Crippen molar-refractivity contribution in [1.29, 1.82) is 0 Å². The van der Waals surface area contributed by atoms with Crippen LogP contribution in [0.3, 0.4) is 0 Å². The maximum Gasteiger partial charge on any atom is 0.120 e. The van der Waals surface area contributed by atoms with Gasteiger partial charge < -0.3 is 21.5 Å². The third-order valence-electron chi connectivity index (χ3n) is 4.54. The Kier molecular flexibility index (Phi) is 6.48. The number of nitrogens with two attached hydrogens (primary N) is 2. The van der Waals surface area contributed by atoms with Crippen molar-refractivity contribution >= 4 is 23.1 Å². The van der Waals surface area contributed by atoms with Crippen LogP contribution in [0.15, 0.2) is 52.3 Å². The van der Waals surface area contributed by atoms with E-state index in [4.69, 9.17) is 16.2 Å². The van der Waals surface area contributed by atoms with Crippen LogP contribution in [0.1, 0.15) is 25.7 Å². The van der Waals surface area contributed by atoms with Gasteiger partial charge in [-0.1, -0.05) is 17.8 Å². The zero-order valence-electron chi connectivity index (χ0n) is 14.5. The van der Waals surface area contributed by atoms with Crippen LogP contribution in [-0.2, 0) is 0 Å². The Bertz CT molecular complexity index is 686. The fourth-order valence-electron chi connectivity index (χ4n) is 3.07. The molecule has 1 aliphatic rings. The van der Waals surface area contributed by atoms with Crippen LogP contribution in [0.4, 0.5) is 11.4 Å². The molecule has 2 aromatic carbocycles. The average molecular weight is 358 g/mol. The van der Waals surface area contributed by atoms with Gasteiger partial charge in [-0.25, -0.2) is 0 Å². The lowest BCUT2D eigenvalue weighted by Crippen LogP contribution is -2.09. The molecule has 2 aromatic rings. The van der Waals surface area contributed by atoms with Gasteiger partial charge in [0, 0.05) is 9.79 Å². The molecule has 0 aromatic heterocycles. The summed E-state index contributed by atoms with van der Waals surface area (Å²) in [6.45, 7) is 3.16. The molecule has 134 valence electrons. The summed E-state index contributed by atoms with van der Waals surface area (Å²) in [5.41, 5.74) is 12.9. The number of anilines is 2. The second kappa shape index (κ2) is 9.02. The van der Waals surface area contributed by atoms with E-state index in [9.17, 15) is 0 Å². The summed E-state index contributed by atoms with van der Waals surface area (Å²) in [5.74, 6) is 1.79. The lowest BCUT2D eigenvalue weighted by atomic mass is 10.0. The molecule has 1 unspecified atom stereocenters. The first kappa shape index (κ1) is 18.0. The van der Waals surface area contributed by atoms with E-state index >= 15 is 0 Å². The minimum atomic E-state index is 0.620. The van der Waals surface area contributed by atoms with Crippen LogP contribution in [0.2, 0.25) is 0 Å². The summed E-state index contributed by atoms with van der Waals surface area (Å²) in [7, 11) is 0. The first-order chi connectivity index (χ1) is 12.2. The molecular formula is C20H27N3OS. The SMILES string of the molecule is Nc1ccc(Sc2cccc(OCCCCC3CCNC3)c2)cc1N. The number of hydrogen-bond donors (Lipinski definition) is 3. The van der Waals surface area contributed by atoms with Gasteiger partial charge in [-0.3, -0.25) is 0 Å². The van der Waals surface area contributed by atoms with Gasteiger partial charge in [0.15, 0.2) is 0 Å². The number of hydrogen-bond acceptors (Lipinski definition) is 5. The summed E-state index contributed by atoms with van der Waals surface area (Å²) < 4.78 is 5.92. The fourth-order valence-corrected chi connectivity index (χ4v) is 3.98. The predicted molar refractivity (Wildman–Crippen MR) is 106 cm³/mol. The van der Waals surface area contributed by atoms with Crippen molar-refractivity contribution < 1.29 is 4.74 Å². The van der Waals surface area contributed by atoms with E-state index < -0.39 is 0 Å². The summed E-state index contributed by atoms with van der Waals surface area (Å²) in [4.78, 5) is 2.22. The standard InChI is InChI=1S/C20H27N3OS/c21-19-8-7-18(13-20(19)22)25-17-6-3-5-16(12-17)24-11-2-1-4-15-9-10-23-14-15/h3,5-8,12-13,15,23H,1-2,4,9-11,14,21-22H2. The monoisotopic (exact) mass is 357 g/mol. The van der Waals surface area contributed by atoms with E-state index in [1.54, 1.807) is 11.8 Å². The molecule has 1 aliphatic heterocycles. The number of nitrogens with one attached hydrogen (secondary N) is 1. The van der Waals surface area contributed by atoms with Gasteiger partial charge in [0.1, 0.15) is 5.75 Å². The second-order valence-electron chi connectivity index (χ2n) is 6.57. The van der Waals surface area contributed by atoms with Crippen molar-refractivity contribution in [2.24, 2.45) is 5.92 Å². The quantitative estimate of drug-likeness (QED) is 0.489. The number of ether oxygens (including phenoxy) is 1. The minimum Gasteiger partial charge on any atom is -0.494 e. The van der Waals surface area contributed by atoms with Gasteiger partial charge in [0.25, 0.3) is 0 Å². The number of nitrogen functional groups attached to an aromatic ring is 2. The number of rotatable bonds is 8. The molecule has 0 aliphatic carbocycles. The van der Waals surface area contributed by atoms with Crippen molar-refractivity contribution in [3.05, 3.63) is 42.5 Å². The predicted octanol–water partition coefficient (Wildman–Crippen LogP) is 4.16. The molecule has 0 saturated carbocycles. The van der Waals surface area contributed by atoms with Gasteiger partial charge in [-0.2, -0.15) is 0 Å². The molecule has 3 rings (SSSR count).